The number of rotatable bonds is 5. The maximum atomic E-state index is 13.3. The second kappa shape index (κ2) is 7.82. The molecule has 154 valence electrons. The van der Waals surface area contributed by atoms with Gasteiger partial charge in [0.05, 0.1) is 12.8 Å². The van der Waals surface area contributed by atoms with Crippen molar-refractivity contribution in [3.8, 4) is 22.9 Å². The smallest absolute Gasteiger partial charge is 0.272 e. The van der Waals surface area contributed by atoms with Gasteiger partial charge in [0, 0.05) is 42.8 Å². The number of methoxy groups -OCH3 is 1. The molecule has 1 N–H and O–H groups in total. The fraction of sp³-hybridized carbons (Fsp3) is 0.348. The van der Waals surface area contributed by atoms with Crippen LogP contribution in [0.3, 0.4) is 0 Å². The molecule has 0 aliphatic carbocycles. The number of benzene rings is 1. The third-order valence-corrected chi connectivity index (χ3v) is 6.04. The number of amides is 1. The number of piperidine rings is 1. The normalized spacial score (nSPS) is 22.7. The Hall–Kier alpha value is -3.35. The molecule has 2 unspecified atom stereocenters. The van der Waals surface area contributed by atoms with Crippen molar-refractivity contribution in [2.45, 2.75) is 43.9 Å². The molecule has 2 bridgehead atoms. The highest BCUT2D eigenvalue weighted by atomic mass is 16.5. The molecule has 2 aliphatic heterocycles. The van der Waals surface area contributed by atoms with Gasteiger partial charge in [-0.2, -0.15) is 5.10 Å². The predicted octanol–water partition coefficient (Wildman–Crippen LogP) is 3.69. The topological polar surface area (TPSA) is 80.3 Å². The van der Waals surface area contributed by atoms with Gasteiger partial charge in [-0.05, 0) is 37.1 Å². The van der Waals surface area contributed by atoms with E-state index in [1.54, 1.807) is 13.3 Å². The maximum absolute atomic E-state index is 13.3. The number of carbonyl (C=O) groups is 1. The van der Waals surface area contributed by atoms with Gasteiger partial charge in [-0.3, -0.25) is 9.89 Å². The number of fused-ring (bicyclic) bond motifs is 2. The molecular formula is C23H24N4O3. The lowest BCUT2D eigenvalue weighted by Gasteiger charge is -2.38. The minimum Gasteiger partial charge on any atom is -0.496 e. The Bertz CT molecular complexity index is 1020. The number of aromatic nitrogens is 3. The predicted molar refractivity (Wildman–Crippen MR) is 111 cm³/mol. The van der Waals surface area contributed by atoms with Crippen LogP contribution in [0.2, 0.25) is 0 Å². The summed E-state index contributed by atoms with van der Waals surface area (Å²) < 4.78 is 11.5. The van der Waals surface area contributed by atoms with Crippen molar-refractivity contribution < 1.29 is 14.3 Å². The van der Waals surface area contributed by atoms with Crippen LogP contribution in [0.1, 0.15) is 36.2 Å². The number of para-hydroxylation sites is 1. The third-order valence-electron chi connectivity index (χ3n) is 6.04. The fourth-order valence-corrected chi connectivity index (χ4v) is 4.71. The van der Waals surface area contributed by atoms with Crippen LogP contribution >= 0.6 is 0 Å². The van der Waals surface area contributed by atoms with Gasteiger partial charge in [-0.25, -0.2) is 4.98 Å². The Morgan fingerprint density at radius 2 is 1.87 bits per heavy atom. The van der Waals surface area contributed by atoms with E-state index < -0.39 is 0 Å². The van der Waals surface area contributed by atoms with E-state index in [0.717, 1.165) is 37.0 Å². The number of H-pyrrole nitrogens is 1. The molecule has 2 aliphatic rings. The van der Waals surface area contributed by atoms with Gasteiger partial charge in [0.25, 0.3) is 5.91 Å². The molecule has 2 saturated heterocycles. The van der Waals surface area contributed by atoms with Crippen molar-refractivity contribution in [2.75, 3.05) is 7.11 Å². The molecule has 5 rings (SSSR count). The SMILES string of the molecule is COc1ccccc1-c1cc(C(=O)N2C3CCC2CC(Oc2ccccn2)C3)[nH]n1. The van der Waals surface area contributed by atoms with Crippen molar-refractivity contribution >= 4 is 5.91 Å². The average Bonchev–Trinajstić information content (AvgIpc) is 3.37. The third kappa shape index (κ3) is 3.40. The van der Waals surface area contributed by atoms with Gasteiger partial charge in [0.1, 0.15) is 17.5 Å². The largest absolute Gasteiger partial charge is 0.496 e. The first-order valence-corrected chi connectivity index (χ1v) is 10.3. The first-order chi connectivity index (χ1) is 14.7. The minimum absolute atomic E-state index is 0.00688. The Morgan fingerprint density at radius 3 is 2.60 bits per heavy atom. The summed E-state index contributed by atoms with van der Waals surface area (Å²) in [5.41, 5.74) is 2.08. The molecule has 2 atom stereocenters. The van der Waals surface area contributed by atoms with E-state index in [-0.39, 0.29) is 24.1 Å². The lowest BCUT2D eigenvalue weighted by Crippen LogP contribution is -2.49. The van der Waals surface area contributed by atoms with E-state index in [1.807, 2.05) is 53.4 Å². The molecule has 0 radical (unpaired) electrons. The van der Waals surface area contributed by atoms with E-state index in [2.05, 4.69) is 15.2 Å². The zero-order valence-electron chi connectivity index (χ0n) is 16.8. The monoisotopic (exact) mass is 404 g/mol. The van der Waals surface area contributed by atoms with Crippen LogP contribution in [0.4, 0.5) is 0 Å². The van der Waals surface area contributed by atoms with E-state index in [9.17, 15) is 4.79 Å². The standard InChI is InChI=1S/C23H24N4O3/c1-29-21-7-3-2-6-18(21)19-14-20(26-25-19)23(28)27-15-9-10-16(27)13-17(12-15)30-22-8-4-5-11-24-22/h2-8,11,14-17H,9-10,12-13H2,1H3,(H,25,26). The molecule has 2 aromatic heterocycles. The summed E-state index contributed by atoms with van der Waals surface area (Å²) in [5.74, 6) is 1.39. The molecule has 4 heterocycles. The second-order valence-corrected chi connectivity index (χ2v) is 7.84. The summed E-state index contributed by atoms with van der Waals surface area (Å²) in [5, 5.41) is 7.30. The summed E-state index contributed by atoms with van der Waals surface area (Å²) in [7, 11) is 1.63. The van der Waals surface area contributed by atoms with Crippen LogP contribution in [0, 0.1) is 0 Å². The van der Waals surface area contributed by atoms with Gasteiger partial charge in [0.15, 0.2) is 0 Å². The number of hydrogen-bond donors (Lipinski definition) is 1. The number of hydrogen-bond acceptors (Lipinski definition) is 5. The maximum Gasteiger partial charge on any atom is 0.272 e. The van der Waals surface area contributed by atoms with Gasteiger partial charge >= 0.3 is 0 Å². The van der Waals surface area contributed by atoms with Crippen LogP contribution in [-0.2, 0) is 0 Å². The van der Waals surface area contributed by atoms with E-state index in [0.29, 0.717) is 17.3 Å². The second-order valence-electron chi connectivity index (χ2n) is 7.84. The van der Waals surface area contributed by atoms with Crippen LogP contribution in [-0.4, -0.2) is 51.3 Å². The molecule has 3 aromatic rings. The first-order valence-electron chi connectivity index (χ1n) is 10.3. The molecule has 0 saturated carbocycles. The van der Waals surface area contributed by atoms with Crippen LogP contribution in [0.15, 0.2) is 54.7 Å². The van der Waals surface area contributed by atoms with E-state index in [1.165, 1.54) is 0 Å². The number of carbonyl (C=O) groups excluding carboxylic acids is 1. The molecular weight excluding hydrogens is 380 g/mol. The summed E-state index contributed by atoms with van der Waals surface area (Å²) in [6.45, 7) is 0. The first kappa shape index (κ1) is 18.7. The van der Waals surface area contributed by atoms with Gasteiger partial charge in [-0.1, -0.05) is 18.2 Å². The van der Waals surface area contributed by atoms with Crippen molar-refractivity contribution in [1.29, 1.82) is 0 Å². The number of nitrogens with one attached hydrogen (secondary N) is 1. The summed E-state index contributed by atoms with van der Waals surface area (Å²) in [6.07, 6.45) is 5.49. The number of aromatic amines is 1. The summed E-state index contributed by atoms with van der Waals surface area (Å²) >= 11 is 0. The fourth-order valence-electron chi connectivity index (χ4n) is 4.71. The molecule has 0 spiro atoms. The van der Waals surface area contributed by atoms with Crippen molar-refractivity contribution in [2.24, 2.45) is 0 Å². The minimum atomic E-state index is 0.00688. The Morgan fingerprint density at radius 1 is 1.10 bits per heavy atom. The molecule has 1 aromatic carbocycles. The molecule has 7 nitrogen and oxygen atoms in total. The molecule has 30 heavy (non-hydrogen) atoms. The van der Waals surface area contributed by atoms with Gasteiger partial charge in [0.2, 0.25) is 5.88 Å². The zero-order valence-corrected chi connectivity index (χ0v) is 16.8. The Labute approximate surface area is 175 Å². The van der Waals surface area contributed by atoms with Gasteiger partial charge < -0.3 is 14.4 Å². The van der Waals surface area contributed by atoms with Crippen molar-refractivity contribution in [1.82, 2.24) is 20.1 Å². The highest BCUT2D eigenvalue weighted by Gasteiger charge is 2.44. The average molecular weight is 404 g/mol. The van der Waals surface area contributed by atoms with Crippen LogP contribution in [0.25, 0.3) is 11.3 Å². The lowest BCUT2D eigenvalue weighted by molar-refractivity contribution is 0.0343. The van der Waals surface area contributed by atoms with Crippen molar-refractivity contribution in [3.63, 3.8) is 0 Å². The Balaban J connectivity index is 1.31. The van der Waals surface area contributed by atoms with E-state index >= 15 is 0 Å². The highest BCUT2D eigenvalue weighted by Crippen LogP contribution is 2.38. The Kier molecular flexibility index (Phi) is 4.86. The van der Waals surface area contributed by atoms with Crippen LogP contribution in [0.5, 0.6) is 11.6 Å². The van der Waals surface area contributed by atoms with Gasteiger partial charge in [-0.15, -0.1) is 0 Å². The molecule has 7 heteroatoms. The molecule has 1 amide bonds. The number of pyridine rings is 1. The molecule has 2 fully saturated rings. The lowest BCUT2D eigenvalue weighted by atomic mass is 9.99. The summed E-state index contributed by atoms with van der Waals surface area (Å²) in [4.78, 5) is 19.6. The highest BCUT2D eigenvalue weighted by molar-refractivity contribution is 5.94. The quantitative estimate of drug-likeness (QED) is 0.701. The van der Waals surface area contributed by atoms with Crippen molar-refractivity contribution in [3.05, 3.63) is 60.4 Å². The van der Waals surface area contributed by atoms with E-state index in [4.69, 9.17) is 9.47 Å². The zero-order chi connectivity index (χ0) is 20.5. The summed E-state index contributed by atoms with van der Waals surface area (Å²) in [6, 6.07) is 15.5. The van der Waals surface area contributed by atoms with Crippen LogP contribution < -0.4 is 9.47 Å². The number of ether oxygens (including phenoxy) is 2. The number of nitrogens with zero attached hydrogens (tertiary/aromatic N) is 3.